The normalized spacial score (nSPS) is 15.3. The Morgan fingerprint density at radius 2 is 1.79 bits per heavy atom. The highest BCUT2D eigenvalue weighted by atomic mass is 32.2. The lowest BCUT2D eigenvalue weighted by molar-refractivity contribution is -0.121. The molecule has 4 nitrogen and oxygen atoms in total. The third-order valence-corrected chi connectivity index (χ3v) is 5.92. The first-order valence-corrected chi connectivity index (χ1v) is 10.9. The van der Waals surface area contributed by atoms with Gasteiger partial charge in [0.15, 0.2) is 0 Å². The number of thiocarbonyl (C=S) groups is 1. The molecule has 0 aromatic heterocycles. The summed E-state index contributed by atoms with van der Waals surface area (Å²) in [5.74, 6) is 1.63. The topological polar surface area (TPSA) is 38.8 Å². The van der Waals surface area contributed by atoms with E-state index in [4.69, 9.17) is 21.7 Å². The zero-order valence-corrected chi connectivity index (χ0v) is 18.6. The molecule has 0 bridgehead atoms. The minimum Gasteiger partial charge on any atom is -0.493 e. The minimum absolute atomic E-state index is 0.0424. The molecule has 2 aromatic rings. The van der Waals surface area contributed by atoms with Gasteiger partial charge in [-0.05, 0) is 50.1 Å². The molecule has 6 heteroatoms. The Morgan fingerprint density at radius 1 is 1.07 bits per heavy atom. The third-order valence-electron chi connectivity index (χ3n) is 4.54. The van der Waals surface area contributed by atoms with Crippen LogP contribution in [0.5, 0.6) is 11.5 Å². The Labute approximate surface area is 181 Å². The SMILES string of the molecule is CCN1C(=O)/C(=C/c2ccccc2OCCCOc2cc(C)ccc2C)SC1=S. The van der Waals surface area contributed by atoms with Crippen LogP contribution in [0.1, 0.15) is 30.0 Å². The minimum atomic E-state index is -0.0424. The average molecular weight is 428 g/mol. The van der Waals surface area contributed by atoms with Gasteiger partial charge < -0.3 is 9.47 Å². The second kappa shape index (κ2) is 9.94. The van der Waals surface area contributed by atoms with Crippen LogP contribution in [0.4, 0.5) is 0 Å². The first kappa shape index (κ1) is 21.4. The van der Waals surface area contributed by atoms with Gasteiger partial charge in [-0.15, -0.1) is 0 Å². The molecule has 2 aromatic carbocycles. The number of benzene rings is 2. The van der Waals surface area contributed by atoms with Gasteiger partial charge in [-0.1, -0.05) is 54.3 Å². The molecule has 152 valence electrons. The number of carbonyl (C=O) groups excluding carboxylic acids is 1. The highest BCUT2D eigenvalue weighted by Crippen LogP contribution is 2.34. The van der Waals surface area contributed by atoms with Crippen LogP contribution in [0.3, 0.4) is 0 Å². The molecule has 1 fully saturated rings. The van der Waals surface area contributed by atoms with E-state index in [0.717, 1.165) is 29.0 Å². The summed E-state index contributed by atoms with van der Waals surface area (Å²) in [5, 5.41) is 0. The number of rotatable bonds is 8. The first-order valence-electron chi connectivity index (χ1n) is 9.67. The maximum Gasteiger partial charge on any atom is 0.266 e. The molecule has 0 aliphatic carbocycles. The number of para-hydroxylation sites is 1. The monoisotopic (exact) mass is 427 g/mol. The fourth-order valence-corrected chi connectivity index (χ4v) is 4.31. The maximum atomic E-state index is 12.4. The Kier molecular flexibility index (Phi) is 7.34. The molecule has 0 saturated carbocycles. The molecule has 1 amide bonds. The van der Waals surface area contributed by atoms with Crippen molar-refractivity contribution in [2.75, 3.05) is 19.8 Å². The Morgan fingerprint density at radius 3 is 2.52 bits per heavy atom. The molecule has 0 atom stereocenters. The summed E-state index contributed by atoms with van der Waals surface area (Å²) in [6, 6.07) is 13.9. The zero-order chi connectivity index (χ0) is 20.8. The summed E-state index contributed by atoms with van der Waals surface area (Å²) >= 11 is 6.62. The highest BCUT2D eigenvalue weighted by Gasteiger charge is 2.30. The Bertz CT molecular complexity index is 939. The average Bonchev–Trinajstić information content (AvgIpc) is 2.97. The first-order chi connectivity index (χ1) is 14.0. The van der Waals surface area contributed by atoms with Crippen LogP contribution in [-0.2, 0) is 4.79 Å². The van der Waals surface area contributed by atoms with Gasteiger partial charge in [-0.25, -0.2) is 0 Å². The van der Waals surface area contributed by atoms with Gasteiger partial charge in [-0.2, -0.15) is 0 Å². The van der Waals surface area contributed by atoms with Crippen molar-refractivity contribution in [2.45, 2.75) is 27.2 Å². The fourth-order valence-electron chi connectivity index (χ4n) is 2.93. The lowest BCUT2D eigenvalue weighted by Crippen LogP contribution is -2.27. The molecular weight excluding hydrogens is 402 g/mol. The van der Waals surface area contributed by atoms with Gasteiger partial charge >= 0.3 is 0 Å². The summed E-state index contributed by atoms with van der Waals surface area (Å²) in [7, 11) is 0. The Hall–Kier alpha value is -2.31. The number of aryl methyl sites for hydroxylation is 2. The van der Waals surface area contributed by atoms with Gasteiger partial charge in [0.05, 0.1) is 18.1 Å². The van der Waals surface area contributed by atoms with Gasteiger partial charge in [0, 0.05) is 18.5 Å². The van der Waals surface area contributed by atoms with Crippen LogP contribution >= 0.6 is 24.0 Å². The number of ether oxygens (including phenoxy) is 2. The zero-order valence-electron chi connectivity index (χ0n) is 16.9. The van der Waals surface area contributed by atoms with E-state index in [9.17, 15) is 4.79 Å². The molecule has 3 rings (SSSR count). The number of thioether (sulfide) groups is 1. The van der Waals surface area contributed by atoms with Crippen molar-refractivity contribution in [3.05, 3.63) is 64.1 Å². The molecule has 0 unspecified atom stereocenters. The van der Waals surface area contributed by atoms with Crippen LogP contribution in [0.15, 0.2) is 47.4 Å². The summed E-state index contributed by atoms with van der Waals surface area (Å²) < 4.78 is 12.4. The van der Waals surface area contributed by atoms with E-state index in [1.807, 2.05) is 44.2 Å². The summed E-state index contributed by atoms with van der Waals surface area (Å²) in [6.07, 6.45) is 2.62. The number of carbonyl (C=O) groups is 1. The van der Waals surface area contributed by atoms with E-state index in [0.29, 0.717) is 29.0 Å². The van der Waals surface area contributed by atoms with E-state index in [-0.39, 0.29) is 5.91 Å². The number of likely N-dealkylation sites (N-methyl/N-ethyl adjacent to an activating group) is 1. The van der Waals surface area contributed by atoms with Crippen LogP contribution in [0.2, 0.25) is 0 Å². The Balaban J connectivity index is 1.57. The summed E-state index contributed by atoms with van der Waals surface area (Å²) in [4.78, 5) is 14.7. The quantitative estimate of drug-likeness (QED) is 0.322. The van der Waals surface area contributed by atoms with Gasteiger partial charge in [-0.3, -0.25) is 9.69 Å². The number of amides is 1. The van der Waals surface area contributed by atoms with Crippen LogP contribution in [0.25, 0.3) is 6.08 Å². The van der Waals surface area contributed by atoms with Crippen molar-refractivity contribution in [1.82, 2.24) is 4.90 Å². The molecule has 1 aliphatic heterocycles. The predicted octanol–water partition coefficient (Wildman–Crippen LogP) is 5.37. The molecule has 0 spiro atoms. The molecule has 1 saturated heterocycles. The van der Waals surface area contributed by atoms with Crippen molar-refractivity contribution in [2.24, 2.45) is 0 Å². The third kappa shape index (κ3) is 5.40. The second-order valence-corrected chi connectivity index (χ2v) is 8.46. The van der Waals surface area contributed by atoms with Crippen molar-refractivity contribution in [3.63, 3.8) is 0 Å². The lowest BCUT2D eigenvalue weighted by atomic mass is 10.1. The van der Waals surface area contributed by atoms with E-state index >= 15 is 0 Å². The van der Waals surface area contributed by atoms with Crippen molar-refractivity contribution < 1.29 is 14.3 Å². The number of hydrogen-bond donors (Lipinski definition) is 0. The standard InChI is InChI=1S/C23H25NO3S2/c1-4-24-22(25)21(29-23(24)28)15-18-8-5-6-9-19(18)26-12-7-13-27-20-14-16(2)10-11-17(20)3/h5-6,8-11,14-15H,4,7,12-13H2,1-3H3/b21-15-. The second-order valence-electron chi connectivity index (χ2n) is 6.78. The highest BCUT2D eigenvalue weighted by molar-refractivity contribution is 8.26. The molecular formula is C23H25NO3S2. The largest absolute Gasteiger partial charge is 0.493 e. The van der Waals surface area contributed by atoms with Gasteiger partial charge in [0.25, 0.3) is 5.91 Å². The number of hydrogen-bond acceptors (Lipinski definition) is 5. The van der Waals surface area contributed by atoms with Gasteiger partial charge in [0.2, 0.25) is 0 Å². The van der Waals surface area contributed by atoms with E-state index in [1.54, 1.807) is 4.90 Å². The van der Waals surface area contributed by atoms with Gasteiger partial charge in [0.1, 0.15) is 15.8 Å². The summed E-state index contributed by atoms with van der Waals surface area (Å²) in [5.41, 5.74) is 3.19. The fraction of sp³-hybridized carbons (Fsp3) is 0.304. The van der Waals surface area contributed by atoms with E-state index in [1.165, 1.54) is 17.3 Å². The predicted molar refractivity (Wildman–Crippen MR) is 124 cm³/mol. The van der Waals surface area contributed by atoms with Crippen LogP contribution in [0, 0.1) is 13.8 Å². The van der Waals surface area contributed by atoms with Crippen molar-refractivity contribution >= 4 is 40.3 Å². The molecule has 0 radical (unpaired) electrons. The lowest BCUT2D eigenvalue weighted by Gasteiger charge is -2.12. The van der Waals surface area contributed by atoms with Crippen molar-refractivity contribution in [1.29, 1.82) is 0 Å². The summed E-state index contributed by atoms with van der Waals surface area (Å²) in [6.45, 7) is 7.72. The number of nitrogens with zero attached hydrogens (tertiary/aromatic N) is 1. The smallest absolute Gasteiger partial charge is 0.266 e. The molecule has 1 heterocycles. The van der Waals surface area contributed by atoms with Crippen molar-refractivity contribution in [3.8, 4) is 11.5 Å². The molecule has 29 heavy (non-hydrogen) atoms. The molecule has 0 N–H and O–H groups in total. The maximum absolute atomic E-state index is 12.4. The molecule has 1 aliphatic rings. The van der Waals surface area contributed by atoms with Crippen LogP contribution < -0.4 is 9.47 Å². The van der Waals surface area contributed by atoms with Crippen LogP contribution in [-0.4, -0.2) is 34.9 Å². The van der Waals surface area contributed by atoms with E-state index in [2.05, 4.69) is 25.1 Å². The van der Waals surface area contributed by atoms with E-state index < -0.39 is 0 Å².